The van der Waals surface area contributed by atoms with Gasteiger partial charge in [0.05, 0.1) is 6.54 Å². The van der Waals surface area contributed by atoms with E-state index in [1.807, 2.05) is 18.2 Å². The number of hydrogen-bond donors (Lipinski definition) is 1. The molecule has 0 saturated carbocycles. The van der Waals surface area contributed by atoms with Gasteiger partial charge >= 0.3 is 6.03 Å². The van der Waals surface area contributed by atoms with Gasteiger partial charge in [0.2, 0.25) is 0 Å². The summed E-state index contributed by atoms with van der Waals surface area (Å²) in [4.78, 5) is 37.4. The smallest absolute Gasteiger partial charge is 0.331 e. The van der Waals surface area contributed by atoms with Crippen molar-refractivity contribution in [2.45, 2.75) is 13.5 Å². The number of barbiturate groups is 1. The summed E-state index contributed by atoms with van der Waals surface area (Å²) in [6.07, 6.45) is 1.34. The van der Waals surface area contributed by atoms with Gasteiger partial charge in [0.15, 0.2) is 0 Å². The van der Waals surface area contributed by atoms with E-state index in [0.29, 0.717) is 11.5 Å². The lowest BCUT2D eigenvalue weighted by Gasteiger charge is -2.26. The van der Waals surface area contributed by atoms with E-state index in [9.17, 15) is 14.4 Å². The Bertz CT molecular complexity index is 805. The van der Waals surface area contributed by atoms with Gasteiger partial charge in [-0.05, 0) is 30.7 Å². The molecule has 4 amide bonds. The van der Waals surface area contributed by atoms with Gasteiger partial charge in [0.1, 0.15) is 17.1 Å². The van der Waals surface area contributed by atoms with Gasteiger partial charge in [0, 0.05) is 0 Å². The standard InChI is InChI=1S/C17H14N2O4/c1-11-7-8-13(23-11)9-14-15(20)18-17(22)19(16(14)21)10-12-5-3-2-4-6-12/h2-9H,10H2,1H3,(H,18,20,22). The van der Waals surface area contributed by atoms with Crippen molar-refractivity contribution in [3.63, 3.8) is 0 Å². The second-order valence-corrected chi connectivity index (χ2v) is 5.14. The second-order valence-electron chi connectivity index (χ2n) is 5.14. The fourth-order valence-electron chi connectivity index (χ4n) is 2.28. The van der Waals surface area contributed by atoms with Crippen LogP contribution in [-0.2, 0) is 16.1 Å². The summed E-state index contributed by atoms with van der Waals surface area (Å²) in [6, 6.07) is 11.7. The van der Waals surface area contributed by atoms with Gasteiger partial charge < -0.3 is 4.42 Å². The zero-order valence-electron chi connectivity index (χ0n) is 12.4. The summed E-state index contributed by atoms with van der Waals surface area (Å²) in [5, 5.41) is 2.17. The van der Waals surface area contributed by atoms with Gasteiger partial charge in [-0.3, -0.25) is 19.8 Å². The number of aryl methyl sites for hydroxylation is 1. The molecule has 2 heterocycles. The highest BCUT2D eigenvalue weighted by molar-refractivity contribution is 6.30. The molecule has 0 atom stereocenters. The molecule has 1 aromatic heterocycles. The summed E-state index contributed by atoms with van der Waals surface area (Å²) in [5.74, 6) is -0.317. The molecule has 0 spiro atoms. The van der Waals surface area contributed by atoms with E-state index in [1.165, 1.54) is 6.08 Å². The minimum Gasteiger partial charge on any atom is -0.462 e. The molecule has 1 aliphatic heterocycles. The molecular formula is C17H14N2O4. The highest BCUT2D eigenvalue weighted by atomic mass is 16.3. The Morgan fingerprint density at radius 3 is 2.48 bits per heavy atom. The summed E-state index contributed by atoms with van der Waals surface area (Å²) >= 11 is 0. The number of benzene rings is 1. The molecule has 1 aliphatic rings. The number of amides is 4. The lowest BCUT2D eigenvalue weighted by Crippen LogP contribution is -2.53. The van der Waals surface area contributed by atoms with E-state index in [0.717, 1.165) is 10.5 Å². The molecule has 6 nitrogen and oxygen atoms in total. The van der Waals surface area contributed by atoms with E-state index < -0.39 is 17.8 Å². The van der Waals surface area contributed by atoms with Crippen molar-refractivity contribution >= 4 is 23.9 Å². The minimum atomic E-state index is -0.725. The molecule has 2 aromatic rings. The van der Waals surface area contributed by atoms with Crippen LogP contribution in [0.15, 0.2) is 52.5 Å². The van der Waals surface area contributed by atoms with Crippen LogP contribution in [-0.4, -0.2) is 22.7 Å². The summed E-state index contributed by atoms with van der Waals surface area (Å²) in [5.41, 5.74) is 0.661. The number of nitrogens with one attached hydrogen (secondary N) is 1. The topological polar surface area (TPSA) is 79.6 Å². The first-order valence-corrected chi connectivity index (χ1v) is 7.04. The van der Waals surface area contributed by atoms with Crippen LogP contribution in [0.1, 0.15) is 17.1 Å². The van der Waals surface area contributed by atoms with E-state index >= 15 is 0 Å². The molecule has 0 unspecified atom stereocenters. The van der Waals surface area contributed by atoms with Crippen LogP contribution in [0.5, 0.6) is 0 Å². The molecule has 3 rings (SSSR count). The highest BCUT2D eigenvalue weighted by Crippen LogP contribution is 2.18. The van der Waals surface area contributed by atoms with Gasteiger partial charge in [-0.2, -0.15) is 0 Å². The summed E-state index contributed by atoms with van der Waals surface area (Å²) < 4.78 is 5.35. The molecule has 1 saturated heterocycles. The van der Waals surface area contributed by atoms with Crippen LogP contribution in [0, 0.1) is 6.92 Å². The minimum absolute atomic E-state index is 0.0906. The number of carbonyl (C=O) groups is 3. The Morgan fingerprint density at radius 1 is 1.09 bits per heavy atom. The van der Waals surface area contributed by atoms with E-state index in [1.54, 1.807) is 31.2 Å². The quantitative estimate of drug-likeness (QED) is 0.696. The maximum Gasteiger partial charge on any atom is 0.331 e. The number of nitrogens with zero attached hydrogens (tertiary/aromatic N) is 1. The molecule has 0 aliphatic carbocycles. The zero-order valence-corrected chi connectivity index (χ0v) is 12.4. The van der Waals surface area contributed by atoms with Crippen molar-refractivity contribution in [3.8, 4) is 0 Å². The van der Waals surface area contributed by atoms with Gasteiger partial charge in [-0.25, -0.2) is 4.79 Å². The first-order valence-electron chi connectivity index (χ1n) is 7.04. The summed E-state index contributed by atoms with van der Waals surface area (Å²) in [7, 11) is 0. The van der Waals surface area contributed by atoms with E-state index in [2.05, 4.69) is 5.32 Å². The Morgan fingerprint density at radius 2 is 1.83 bits per heavy atom. The van der Waals surface area contributed by atoms with Gasteiger partial charge in [-0.15, -0.1) is 0 Å². The molecule has 1 fully saturated rings. The molecule has 116 valence electrons. The SMILES string of the molecule is Cc1ccc(C=C2C(=O)NC(=O)N(Cc3ccccc3)C2=O)o1. The van der Waals surface area contributed by atoms with Crippen molar-refractivity contribution in [2.24, 2.45) is 0 Å². The van der Waals surface area contributed by atoms with Crippen LogP contribution >= 0.6 is 0 Å². The van der Waals surface area contributed by atoms with Crippen LogP contribution < -0.4 is 5.32 Å². The Hall–Kier alpha value is -3.15. The highest BCUT2D eigenvalue weighted by Gasteiger charge is 2.35. The van der Waals surface area contributed by atoms with Crippen molar-refractivity contribution in [1.29, 1.82) is 0 Å². The normalized spacial score (nSPS) is 16.8. The van der Waals surface area contributed by atoms with Crippen molar-refractivity contribution in [3.05, 3.63) is 65.1 Å². The number of furan rings is 1. The van der Waals surface area contributed by atoms with Crippen LogP contribution in [0.3, 0.4) is 0 Å². The second kappa shape index (κ2) is 5.92. The fourth-order valence-corrected chi connectivity index (χ4v) is 2.28. The number of imide groups is 2. The van der Waals surface area contributed by atoms with Crippen LogP contribution in [0.25, 0.3) is 6.08 Å². The van der Waals surface area contributed by atoms with Gasteiger partial charge in [0.25, 0.3) is 11.8 Å². The number of urea groups is 1. The van der Waals surface area contributed by atoms with Crippen molar-refractivity contribution in [1.82, 2.24) is 10.2 Å². The predicted molar refractivity (Wildman–Crippen MR) is 82.0 cm³/mol. The number of carbonyl (C=O) groups excluding carboxylic acids is 3. The Balaban J connectivity index is 1.89. The van der Waals surface area contributed by atoms with Crippen LogP contribution in [0.2, 0.25) is 0 Å². The molecule has 0 radical (unpaired) electrons. The lowest BCUT2D eigenvalue weighted by atomic mass is 10.1. The average molecular weight is 310 g/mol. The predicted octanol–water partition coefficient (Wildman–Crippen LogP) is 2.25. The van der Waals surface area contributed by atoms with E-state index in [-0.39, 0.29) is 12.1 Å². The number of rotatable bonds is 3. The average Bonchev–Trinajstić information content (AvgIpc) is 2.94. The maximum absolute atomic E-state index is 12.5. The lowest BCUT2D eigenvalue weighted by molar-refractivity contribution is -0.130. The molecular weight excluding hydrogens is 296 g/mol. The third-order valence-corrected chi connectivity index (χ3v) is 3.42. The fraction of sp³-hybridized carbons (Fsp3) is 0.118. The monoisotopic (exact) mass is 310 g/mol. The molecule has 1 aromatic carbocycles. The van der Waals surface area contributed by atoms with Crippen molar-refractivity contribution in [2.75, 3.05) is 0 Å². The third-order valence-electron chi connectivity index (χ3n) is 3.42. The molecule has 0 bridgehead atoms. The largest absolute Gasteiger partial charge is 0.462 e. The third kappa shape index (κ3) is 3.06. The van der Waals surface area contributed by atoms with Crippen LogP contribution in [0.4, 0.5) is 4.79 Å². The zero-order chi connectivity index (χ0) is 16.4. The number of hydrogen-bond acceptors (Lipinski definition) is 4. The molecule has 1 N–H and O–H groups in total. The van der Waals surface area contributed by atoms with E-state index in [4.69, 9.17) is 4.42 Å². The molecule has 6 heteroatoms. The summed E-state index contributed by atoms with van der Waals surface area (Å²) in [6.45, 7) is 1.85. The first kappa shape index (κ1) is 14.8. The first-order chi connectivity index (χ1) is 11.0. The maximum atomic E-state index is 12.5. The Labute approximate surface area is 132 Å². The Kier molecular flexibility index (Phi) is 3.80. The van der Waals surface area contributed by atoms with Crippen molar-refractivity contribution < 1.29 is 18.8 Å². The molecule has 23 heavy (non-hydrogen) atoms. The van der Waals surface area contributed by atoms with Gasteiger partial charge in [-0.1, -0.05) is 30.3 Å².